The SMILES string of the molecule is C=C(CC)Nc1cncc(-c2cnc3n[nH]c(-c4cc5c(-n6cnc(C)c6)cncc5[nH]4)c3c2)c1. The number of imidazole rings is 1. The number of H-pyrrole nitrogens is 2. The lowest BCUT2D eigenvalue weighted by molar-refractivity contribution is 1.05. The Hall–Kier alpha value is -4.79. The standard InChI is InChI=1S/C26H23N9/c1-4-15(2)31-19-5-17(8-27-10-19)18-6-21-25(33-34-26(21)29-9-18)22-7-20-23(32-22)11-28-12-24(20)35-13-16(3)30-14-35/h5-14,31-32H,2,4H2,1,3H3,(H,29,33,34). The van der Waals surface area contributed by atoms with Crippen molar-refractivity contribution in [2.24, 2.45) is 0 Å². The van der Waals surface area contributed by atoms with Crippen LogP contribution >= 0.6 is 0 Å². The first-order valence-electron chi connectivity index (χ1n) is 11.3. The van der Waals surface area contributed by atoms with E-state index in [2.05, 4.69) is 66.1 Å². The van der Waals surface area contributed by atoms with Crippen LogP contribution in [0.15, 0.2) is 74.0 Å². The van der Waals surface area contributed by atoms with Crippen LogP contribution in [0.3, 0.4) is 0 Å². The van der Waals surface area contributed by atoms with E-state index in [0.717, 1.165) is 68.0 Å². The zero-order valence-electron chi connectivity index (χ0n) is 19.4. The van der Waals surface area contributed by atoms with E-state index in [4.69, 9.17) is 0 Å². The summed E-state index contributed by atoms with van der Waals surface area (Å²) in [5, 5.41) is 12.8. The minimum absolute atomic E-state index is 0.646. The van der Waals surface area contributed by atoms with Crippen LogP contribution in [0.2, 0.25) is 0 Å². The summed E-state index contributed by atoms with van der Waals surface area (Å²) < 4.78 is 1.98. The van der Waals surface area contributed by atoms with E-state index in [0.29, 0.717) is 5.65 Å². The number of hydrogen-bond acceptors (Lipinski definition) is 6. The summed E-state index contributed by atoms with van der Waals surface area (Å²) in [4.78, 5) is 21.2. The molecule has 0 aliphatic carbocycles. The van der Waals surface area contributed by atoms with Gasteiger partial charge in [0.05, 0.1) is 58.9 Å². The average molecular weight is 462 g/mol. The van der Waals surface area contributed by atoms with Crippen LogP contribution < -0.4 is 5.32 Å². The van der Waals surface area contributed by atoms with E-state index < -0.39 is 0 Å². The molecule has 0 atom stereocenters. The summed E-state index contributed by atoms with van der Waals surface area (Å²) in [5.41, 5.74) is 8.98. The van der Waals surface area contributed by atoms with Gasteiger partial charge in [-0.2, -0.15) is 5.10 Å². The molecule has 9 heteroatoms. The van der Waals surface area contributed by atoms with Crippen LogP contribution in [0.1, 0.15) is 19.0 Å². The van der Waals surface area contributed by atoms with Gasteiger partial charge in [0.2, 0.25) is 0 Å². The van der Waals surface area contributed by atoms with Crippen LogP contribution in [0, 0.1) is 6.92 Å². The lowest BCUT2D eigenvalue weighted by Crippen LogP contribution is -1.97. The third kappa shape index (κ3) is 3.72. The number of aromatic nitrogens is 8. The van der Waals surface area contributed by atoms with Gasteiger partial charge in [-0.15, -0.1) is 0 Å². The summed E-state index contributed by atoms with van der Waals surface area (Å²) in [5.74, 6) is 0. The molecule has 0 bridgehead atoms. The van der Waals surface area contributed by atoms with Gasteiger partial charge in [0.1, 0.15) is 0 Å². The van der Waals surface area contributed by atoms with Gasteiger partial charge >= 0.3 is 0 Å². The highest BCUT2D eigenvalue weighted by molar-refractivity contribution is 5.97. The minimum Gasteiger partial charge on any atom is -0.358 e. The molecular weight excluding hydrogens is 438 g/mol. The molecule has 6 aromatic heterocycles. The van der Waals surface area contributed by atoms with Crippen molar-refractivity contribution in [2.75, 3.05) is 5.32 Å². The Kier molecular flexibility index (Phi) is 4.88. The molecule has 0 radical (unpaired) electrons. The molecule has 6 heterocycles. The topological polar surface area (TPSA) is 113 Å². The fraction of sp³-hybridized carbons (Fsp3) is 0.115. The van der Waals surface area contributed by atoms with E-state index >= 15 is 0 Å². The zero-order valence-corrected chi connectivity index (χ0v) is 19.4. The third-order valence-corrected chi connectivity index (χ3v) is 6.01. The highest BCUT2D eigenvalue weighted by Gasteiger charge is 2.15. The van der Waals surface area contributed by atoms with E-state index in [9.17, 15) is 0 Å². The highest BCUT2D eigenvalue weighted by atomic mass is 15.2. The second-order valence-electron chi connectivity index (χ2n) is 8.46. The lowest BCUT2D eigenvalue weighted by atomic mass is 10.1. The lowest BCUT2D eigenvalue weighted by Gasteiger charge is -2.09. The number of fused-ring (bicyclic) bond motifs is 2. The van der Waals surface area contributed by atoms with E-state index in [1.165, 1.54) is 0 Å². The number of nitrogens with zero attached hydrogens (tertiary/aromatic N) is 6. The summed E-state index contributed by atoms with van der Waals surface area (Å²) in [7, 11) is 0. The van der Waals surface area contributed by atoms with Crippen LogP contribution in [0.4, 0.5) is 5.69 Å². The maximum atomic E-state index is 4.59. The summed E-state index contributed by atoms with van der Waals surface area (Å²) in [6, 6.07) is 6.23. The van der Waals surface area contributed by atoms with Crippen molar-refractivity contribution in [2.45, 2.75) is 20.3 Å². The van der Waals surface area contributed by atoms with Crippen LogP contribution in [0.5, 0.6) is 0 Å². The maximum Gasteiger partial charge on any atom is 0.181 e. The first-order valence-corrected chi connectivity index (χ1v) is 11.3. The van der Waals surface area contributed by atoms with Gasteiger partial charge in [0, 0.05) is 46.2 Å². The minimum atomic E-state index is 0.646. The highest BCUT2D eigenvalue weighted by Crippen LogP contribution is 2.32. The quantitative estimate of drug-likeness (QED) is 0.306. The summed E-state index contributed by atoms with van der Waals surface area (Å²) >= 11 is 0. The van der Waals surface area contributed by atoms with Crippen molar-refractivity contribution in [3.8, 4) is 28.2 Å². The number of hydrogen-bond donors (Lipinski definition) is 3. The Balaban J connectivity index is 1.43. The predicted octanol–water partition coefficient (Wildman–Crippen LogP) is 5.39. The fourth-order valence-corrected chi connectivity index (χ4v) is 4.15. The number of pyridine rings is 3. The van der Waals surface area contributed by atoms with E-state index in [1.54, 1.807) is 12.5 Å². The van der Waals surface area contributed by atoms with Crippen molar-refractivity contribution in [1.29, 1.82) is 0 Å². The van der Waals surface area contributed by atoms with Crippen LogP contribution in [0.25, 0.3) is 50.1 Å². The second kappa shape index (κ2) is 8.21. The fourth-order valence-electron chi connectivity index (χ4n) is 4.15. The zero-order chi connectivity index (χ0) is 23.9. The molecule has 0 aromatic carbocycles. The Morgan fingerprint density at radius 3 is 2.69 bits per heavy atom. The van der Waals surface area contributed by atoms with Gasteiger partial charge in [-0.25, -0.2) is 9.97 Å². The molecular formula is C26H23N9. The van der Waals surface area contributed by atoms with Gasteiger partial charge in [-0.05, 0) is 31.5 Å². The van der Waals surface area contributed by atoms with Crippen molar-refractivity contribution in [1.82, 2.24) is 39.7 Å². The molecule has 0 fully saturated rings. The molecule has 0 saturated carbocycles. The average Bonchev–Trinajstić information content (AvgIpc) is 3.61. The number of anilines is 1. The third-order valence-electron chi connectivity index (χ3n) is 6.01. The number of aromatic amines is 2. The largest absolute Gasteiger partial charge is 0.358 e. The number of nitrogens with one attached hydrogen (secondary N) is 3. The molecule has 35 heavy (non-hydrogen) atoms. The number of allylic oxidation sites excluding steroid dienone is 1. The Labute approximate surface area is 201 Å². The molecule has 0 unspecified atom stereocenters. The molecule has 172 valence electrons. The number of aryl methyl sites for hydroxylation is 1. The predicted molar refractivity (Wildman–Crippen MR) is 137 cm³/mol. The molecule has 0 aliphatic rings. The van der Waals surface area contributed by atoms with Crippen LogP contribution in [-0.4, -0.2) is 39.7 Å². The first-order chi connectivity index (χ1) is 17.1. The summed E-state index contributed by atoms with van der Waals surface area (Å²) in [6.07, 6.45) is 13.7. The normalized spacial score (nSPS) is 11.4. The van der Waals surface area contributed by atoms with Crippen LogP contribution in [-0.2, 0) is 0 Å². The molecule has 0 spiro atoms. The van der Waals surface area contributed by atoms with E-state index in [-0.39, 0.29) is 0 Å². The molecule has 0 amide bonds. The first kappa shape index (κ1) is 20.8. The second-order valence-corrected chi connectivity index (χ2v) is 8.46. The molecule has 0 aliphatic heterocycles. The van der Waals surface area contributed by atoms with Crippen molar-refractivity contribution in [3.05, 3.63) is 79.7 Å². The smallest absolute Gasteiger partial charge is 0.181 e. The molecule has 6 rings (SSSR count). The Bertz CT molecular complexity index is 1700. The van der Waals surface area contributed by atoms with Crippen molar-refractivity contribution < 1.29 is 0 Å². The molecule has 3 N–H and O–H groups in total. The molecule has 6 aromatic rings. The monoisotopic (exact) mass is 461 g/mol. The Morgan fingerprint density at radius 2 is 1.86 bits per heavy atom. The molecule has 9 nitrogen and oxygen atoms in total. The van der Waals surface area contributed by atoms with Crippen molar-refractivity contribution >= 4 is 27.6 Å². The van der Waals surface area contributed by atoms with Gasteiger partial charge in [-0.1, -0.05) is 13.5 Å². The van der Waals surface area contributed by atoms with Gasteiger partial charge in [-0.3, -0.25) is 15.1 Å². The van der Waals surface area contributed by atoms with Gasteiger partial charge in [0.25, 0.3) is 0 Å². The maximum absolute atomic E-state index is 4.59. The Morgan fingerprint density at radius 1 is 1.00 bits per heavy atom. The van der Waals surface area contributed by atoms with Gasteiger partial charge in [0.15, 0.2) is 5.65 Å². The summed E-state index contributed by atoms with van der Waals surface area (Å²) in [6.45, 7) is 8.05. The molecule has 0 saturated heterocycles. The number of rotatable bonds is 6. The van der Waals surface area contributed by atoms with E-state index in [1.807, 2.05) is 48.5 Å². The van der Waals surface area contributed by atoms with Gasteiger partial charge < -0.3 is 14.9 Å². The van der Waals surface area contributed by atoms with Crippen molar-refractivity contribution in [3.63, 3.8) is 0 Å².